The first-order valence-electron chi connectivity index (χ1n) is 9.16. The normalized spacial score (nSPS) is 18.5. The van der Waals surface area contributed by atoms with E-state index in [-0.39, 0.29) is 11.3 Å². The van der Waals surface area contributed by atoms with Crippen molar-refractivity contribution in [3.8, 4) is 5.75 Å². The summed E-state index contributed by atoms with van der Waals surface area (Å²) in [5, 5.41) is 11.4. The number of methoxy groups -OCH3 is 1. The molecule has 2 aromatic rings. The second-order valence-electron chi connectivity index (χ2n) is 7.08. The van der Waals surface area contributed by atoms with Crippen molar-refractivity contribution in [2.75, 3.05) is 34.3 Å². The van der Waals surface area contributed by atoms with Crippen molar-refractivity contribution in [2.24, 2.45) is 0 Å². The zero-order valence-electron chi connectivity index (χ0n) is 16.6. The van der Waals surface area contributed by atoms with Gasteiger partial charge in [0.25, 0.3) is 11.7 Å². The summed E-state index contributed by atoms with van der Waals surface area (Å²) in [7, 11) is 5.36. The Morgan fingerprint density at radius 1 is 1.10 bits per heavy atom. The number of carbonyl (C=O) groups excluding carboxylic acids is 2. The molecule has 0 aromatic heterocycles. The number of ether oxygens (including phenoxy) is 1. The molecule has 0 spiro atoms. The van der Waals surface area contributed by atoms with Crippen LogP contribution in [0.4, 0.5) is 0 Å². The maximum atomic E-state index is 12.9. The molecule has 1 aliphatic heterocycles. The van der Waals surface area contributed by atoms with Gasteiger partial charge in [-0.2, -0.15) is 0 Å². The summed E-state index contributed by atoms with van der Waals surface area (Å²) >= 11 is 5.93. The second-order valence-corrected chi connectivity index (χ2v) is 7.51. The first-order chi connectivity index (χ1) is 13.8. The number of Topliss-reactive ketones (excluding diaryl/α,β-unsaturated/α-hetero) is 1. The molecule has 1 heterocycles. The highest BCUT2D eigenvalue weighted by atomic mass is 35.5. The first-order valence-corrected chi connectivity index (χ1v) is 9.54. The Hall–Kier alpha value is -2.83. The third-order valence-corrected chi connectivity index (χ3v) is 5.13. The van der Waals surface area contributed by atoms with E-state index in [0.717, 1.165) is 5.56 Å². The van der Waals surface area contributed by atoms with Crippen molar-refractivity contribution in [3.63, 3.8) is 0 Å². The summed E-state index contributed by atoms with van der Waals surface area (Å²) in [6.07, 6.45) is 0. The van der Waals surface area contributed by atoms with Gasteiger partial charge in [-0.15, -0.1) is 0 Å². The monoisotopic (exact) mass is 414 g/mol. The van der Waals surface area contributed by atoms with Gasteiger partial charge >= 0.3 is 0 Å². The Morgan fingerprint density at radius 3 is 2.28 bits per heavy atom. The molecule has 0 unspecified atom stereocenters. The molecule has 1 amide bonds. The SMILES string of the molecule is COc1ccc([C@@H]2C(=C(O)c3ccc(Cl)cc3)C(=O)C(=O)N2CCN(C)C)cc1. The molecule has 1 fully saturated rings. The molecule has 3 rings (SSSR count). The van der Waals surface area contributed by atoms with Gasteiger partial charge < -0.3 is 19.6 Å². The Kier molecular flexibility index (Phi) is 6.25. The van der Waals surface area contributed by atoms with E-state index in [1.807, 2.05) is 19.0 Å². The number of carbonyl (C=O) groups is 2. The van der Waals surface area contributed by atoms with Gasteiger partial charge in [-0.3, -0.25) is 9.59 Å². The van der Waals surface area contributed by atoms with Crippen LogP contribution in [0.1, 0.15) is 17.2 Å². The fourth-order valence-corrected chi connectivity index (χ4v) is 3.44. The van der Waals surface area contributed by atoms with Crippen LogP contribution in [0.15, 0.2) is 54.1 Å². The number of rotatable bonds is 6. The molecule has 1 atom stereocenters. The number of ketones is 1. The number of halogens is 1. The molecule has 152 valence electrons. The van der Waals surface area contributed by atoms with Crippen LogP contribution in [0.2, 0.25) is 5.02 Å². The van der Waals surface area contributed by atoms with Crippen molar-refractivity contribution in [1.82, 2.24) is 9.80 Å². The zero-order chi connectivity index (χ0) is 21.1. The highest BCUT2D eigenvalue weighted by Gasteiger charge is 2.45. The van der Waals surface area contributed by atoms with Crippen molar-refractivity contribution < 1.29 is 19.4 Å². The Labute approximate surface area is 174 Å². The van der Waals surface area contributed by atoms with Gasteiger partial charge in [-0.05, 0) is 56.1 Å². The number of amides is 1. The average Bonchev–Trinajstić information content (AvgIpc) is 2.97. The smallest absolute Gasteiger partial charge is 0.295 e. The van der Waals surface area contributed by atoms with E-state index in [4.69, 9.17) is 16.3 Å². The molecule has 1 N–H and O–H groups in total. The van der Waals surface area contributed by atoms with Crippen molar-refractivity contribution >= 4 is 29.1 Å². The van der Waals surface area contributed by atoms with Gasteiger partial charge in [0, 0.05) is 23.7 Å². The number of hydrogen-bond acceptors (Lipinski definition) is 5. The molecule has 0 saturated carbocycles. The van der Waals surface area contributed by atoms with Gasteiger partial charge in [0.2, 0.25) is 0 Å². The molecule has 1 aliphatic rings. The number of hydrogen-bond donors (Lipinski definition) is 1. The van der Waals surface area contributed by atoms with Gasteiger partial charge in [0.15, 0.2) is 0 Å². The van der Waals surface area contributed by atoms with E-state index in [2.05, 4.69) is 0 Å². The summed E-state index contributed by atoms with van der Waals surface area (Å²) < 4.78 is 5.21. The zero-order valence-corrected chi connectivity index (χ0v) is 17.3. The standard InChI is InChI=1S/C22H23ClN2O4/c1-24(2)12-13-25-19(14-6-10-17(29-3)11-7-14)18(21(27)22(25)28)20(26)15-4-8-16(23)9-5-15/h4-11,19,26H,12-13H2,1-3H3/t19-/m1/s1. The highest BCUT2D eigenvalue weighted by molar-refractivity contribution is 6.46. The molecule has 0 radical (unpaired) electrons. The van der Waals surface area contributed by atoms with Gasteiger partial charge in [0.05, 0.1) is 18.7 Å². The predicted molar refractivity (Wildman–Crippen MR) is 112 cm³/mol. The van der Waals surface area contributed by atoms with Crippen LogP contribution >= 0.6 is 11.6 Å². The molecule has 0 bridgehead atoms. The van der Waals surface area contributed by atoms with Crippen molar-refractivity contribution in [2.45, 2.75) is 6.04 Å². The second kappa shape index (κ2) is 8.68. The minimum Gasteiger partial charge on any atom is -0.507 e. The number of likely N-dealkylation sites (N-methyl/N-ethyl adjacent to an activating group) is 1. The summed E-state index contributed by atoms with van der Waals surface area (Å²) in [5.74, 6) is -0.870. The van der Waals surface area contributed by atoms with Crippen LogP contribution in [-0.4, -0.2) is 60.9 Å². The van der Waals surface area contributed by atoms with Crippen LogP contribution in [-0.2, 0) is 9.59 Å². The van der Waals surface area contributed by atoms with E-state index in [0.29, 0.717) is 29.4 Å². The van der Waals surface area contributed by atoms with Crippen LogP contribution < -0.4 is 4.74 Å². The summed E-state index contributed by atoms with van der Waals surface area (Å²) in [6.45, 7) is 0.937. The quantitative estimate of drug-likeness (QED) is 0.446. The minimum atomic E-state index is -0.697. The largest absolute Gasteiger partial charge is 0.507 e. The summed E-state index contributed by atoms with van der Waals surface area (Å²) in [4.78, 5) is 29.1. The third-order valence-electron chi connectivity index (χ3n) is 4.88. The number of aliphatic hydroxyl groups is 1. The number of likely N-dealkylation sites (tertiary alicyclic amines) is 1. The number of benzene rings is 2. The maximum absolute atomic E-state index is 12.9. The lowest BCUT2D eigenvalue weighted by Crippen LogP contribution is -2.35. The predicted octanol–water partition coefficient (Wildman–Crippen LogP) is 3.33. The first kappa shape index (κ1) is 20.9. The van der Waals surface area contributed by atoms with E-state index < -0.39 is 17.7 Å². The van der Waals surface area contributed by atoms with Gasteiger partial charge in [-0.25, -0.2) is 0 Å². The molecule has 2 aromatic carbocycles. The Balaban J connectivity index is 2.12. The maximum Gasteiger partial charge on any atom is 0.295 e. The molecule has 1 saturated heterocycles. The van der Waals surface area contributed by atoms with Crippen LogP contribution in [0.25, 0.3) is 5.76 Å². The highest BCUT2D eigenvalue weighted by Crippen LogP contribution is 2.39. The van der Waals surface area contributed by atoms with Crippen LogP contribution in [0.5, 0.6) is 5.75 Å². The molecule has 29 heavy (non-hydrogen) atoms. The fraction of sp³-hybridized carbons (Fsp3) is 0.273. The minimum absolute atomic E-state index is 0.0706. The lowest BCUT2D eigenvalue weighted by molar-refractivity contribution is -0.140. The fourth-order valence-electron chi connectivity index (χ4n) is 3.31. The van der Waals surface area contributed by atoms with Crippen LogP contribution in [0.3, 0.4) is 0 Å². The van der Waals surface area contributed by atoms with E-state index in [1.54, 1.807) is 55.6 Å². The lowest BCUT2D eigenvalue weighted by atomic mass is 9.95. The molecule has 7 heteroatoms. The van der Waals surface area contributed by atoms with E-state index >= 15 is 0 Å². The number of nitrogens with zero attached hydrogens (tertiary/aromatic N) is 2. The van der Waals surface area contributed by atoms with Crippen molar-refractivity contribution in [1.29, 1.82) is 0 Å². The molecular formula is C22H23ClN2O4. The topological polar surface area (TPSA) is 70.1 Å². The molecular weight excluding hydrogens is 392 g/mol. The third kappa shape index (κ3) is 4.28. The Bertz CT molecular complexity index is 936. The average molecular weight is 415 g/mol. The van der Waals surface area contributed by atoms with Crippen LogP contribution in [0, 0.1) is 0 Å². The summed E-state index contributed by atoms with van der Waals surface area (Å²) in [5.41, 5.74) is 1.22. The Morgan fingerprint density at radius 2 is 1.72 bits per heavy atom. The van der Waals surface area contributed by atoms with Crippen molar-refractivity contribution in [3.05, 3.63) is 70.3 Å². The van der Waals surface area contributed by atoms with Gasteiger partial charge in [-0.1, -0.05) is 23.7 Å². The van der Waals surface area contributed by atoms with Gasteiger partial charge in [0.1, 0.15) is 11.5 Å². The summed E-state index contributed by atoms with van der Waals surface area (Å²) in [6, 6.07) is 12.9. The lowest BCUT2D eigenvalue weighted by Gasteiger charge is -2.26. The van der Waals surface area contributed by atoms with E-state index in [1.165, 1.54) is 4.90 Å². The molecule has 0 aliphatic carbocycles. The molecule has 6 nitrogen and oxygen atoms in total. The van der Waals surface area contributed by atoms with E-state index in [9.17, 15) is 14.7 Å². The number of aliphatic hydroxyl groups excluding tert-OH is 1.